The summed E-state index contributed by atoms with van der Waals surface area (Å²) in [4.78, 5) is 12.1. The maximum absolute atomic E-state index is 12.1. The van der Waals surface area contributed by atoms with Crippen LogP contribution in [0.4, 0.5) is 0 Å². The van der Waals surface area contributed by atoms with Crippen LogP contribution < -0.4 is 0 Å². The quantitative estimate of drug-likeness (QED) is 0.752. The average molecular weight is 299 g/mol. The number of ether oxygens (including phenoxy) is 1. The molecule has 0 bridgehead atoms. The number of aromatic nitrogens is 1. The van der Waals surface area contributed by atoms with E-state index in [9.17, 15) is 4.79 Å². The highest BCUT2D eigenvalue weighted by atomic mass is 32.1. The molecule has 0 aliphatic heterocycles. The predicted octanol–water partition coefficient (Wildman–Crippen LogP) is 3.11. The van der Waals surface area contributed by atoms with Gasteiger partial charge in [0.05, 0.1) is 22.6 Å². The van der Waals surface area contributed by atoms with Crippen LogP contribution in [-0.4, -0.2) is 28.7 Å². The molecule has 0 saturated heterocycles. The molecule has 106 valence electrons. The molecule has 0 fully saturated rings. The van der Waals surface area contributed by atoms with Gasteiger partial charge in [0, 0.05) is 10.9 Å². The Kier molecular flexibility index (Phi) is 3.94. The predicted molar refractivity (Wildman–Crippen MR) is 82.4 cm³/mol. The van der Waals surface area contributed by atoms with Gasteiger partial charge in [0.1, 0.15) is 6.61 Å². The monoisotopic (exact) mass is 299 g/mol. The van der Waals surface area contributed by atoms with Crippen molar-refractivity contribution >= 4 is 27.6 Å². The van der Waals surface area contributed by atoms with Gasteiger partial charge in [0.2, 0.25) is 0 Å². The summed E-state index contributed by atoms with van der Waals surface area (Å²) in [6.07, 6.45) is 0. The first-order chi connectivity index (χ1) is 10.3. The lowest BCUT2D eigenvalue weighted by Gasteiger charge is -2.07. The minimum Gasteiger partial charge on any atom is -0.460 e. The number of carbonyl (C=O) groups excluding carboxylic acids is 1. The van der Waals surface area contributed by atoms with Crippen molar-refractivity contribution in [3.63, 3.8) is 0 Å². The van der Waals surface area contributed by atoms with E-state index < -0.39 is 5.97 Å². The minimum absolute atomic E-state index is 0.00895. The Morgan fingerprint density at radius 2 is 1.90 bits per heavy atom. The van der Waals surface area contributed by atoms with Crippen LogP contribution in [0.25, 0.3) is 21.3 Å². The summed E-state index contributed by atoms with van der Waals surface area (Å²) in [7, 11) is 0. The Hall–Kier alpha value is -2.24. The van der Waals surface area contributed by atoms with Crippen molar-refractivity contribution < 1.29 is 14.6 Å². The van der Waals surface area contributed by atoms with E-state index in [1.807, 2.05) is 36.4 Å². The maximum atomic E-state index is 12.1. The van der Waals surface area contributed by atoms with E-state index in [1.165, 1.54) is 11.5 Å². The molecule has 1 heterocycles. The largest absolute Gasteiger partial charge is 0.460 e. The normalized spacial score (nSPS) is 10.7. The molecule has 0 atom stereocenters. The summed E-state index contributed by atoms with van der Waals surface area (Å²) in [6.45, 7) is -0.196. The molecule has 0 radical (unpaired) electrons. The molecular formula is C16H13NO3S. The molecule has 5 heteroatoms. The topological polar surface area (TPSA) is 59.4 Å². The van der Waals surface area contributed by atoms with Gasteiger partial charge in [-0.25, -0.2) is 4.79 Å². The molecule has 0 amide bonds. The van der Waals surface area contributed by atoms with E-state index in [1.54, 1.807) is 12.1 Å². The second kappa shape index (κ2) is 6.03. The van der Waals surface area contributed by atoms with Crippen molar-refractivity contribution in [2.24, 2.45) is 0 Å². The summed E-state index contributed by atoms with van der Waals surface area (Å²) >= 11 is 1.40. The minimum atomic E-state index is -0.447. The summed E-state index contributed by atoms with van der Waals surface area (Å²) in [5, 5.41) is 9.79. The fourth-order valence-electron chi connectivity index (χ4n) is 2.16. The third-order valence-electron chi connectivity index (χ3n) is 3.10. The molecule has 3 rings (SSSR count). The van der Waals surface area contributed by atoms with Gasteiger partial charge in [-0.05, 0) is 23.7 Å². The molecule has 3 aromatic rings. The molecule has 4 nitrogen and oxygen atoms in total. The van der Waals surface area contributed by atoms with Gasteiger partial charge in [-0.1, -0.05) is 36.4 Å². The highest BCUT2D eigenvalue weighted by molar-refractivity contribution is 7.13. The first kappa shape index (κ1) is 13.7. The number of carbonyl (C=O) groups is 1. The summed E-state index contributed by atoms with van der Waals surface area (Å²) in [5.74, 6) is -0.447. The van der Waals surface area contributed by atoms with Gasteiger partial charge >= 0.3 is 5.97 Å². The molecule has 0 unspecified atom stereocenters. The Morgan fingerprint density at radius 3 is 2.76 bits per heavy atom. The zero-order valence-corrected chi connectivity index (χ0v) is 12.0. The lowest BCUT2D eigenvalue weighted by molar-refractivity contribution is 0.0434. The molecule has 0 aliphatic carbocycles. The van der Waals surface area contributed by atoms with Crippen LogP contribution in [0.2, 0.25) is 0 Å². The van der Waals surface area contributed by atoms with Crippen LogP contribution in [0.1, 0.15) is 10.4 Å². The Morgan fingerprint density at radius 1 is 1.14 bits per heavy atom. The number of benzene rings is 2. The van der Waals surface area contributed by atoms with Gasteiger partial charge in [0.25, 0.3) is 0 Å². The third kappa shape index (κ3) is 2.66. The van der Waals surface area contributed by atoms with Gasteiger partial charge in [0.15, 0.2) is 0 Å². The number of hydrogen-bond acceptors (Lipinski definition) is 5. The van der Waals surface area contributed by atoms with E-state index in [0.717, 1.165) is 21.3 Å². The summed E-state index contributed by atoms with van der Waals surface area (Å²) in [5.41, 5.74) is 1.99. The lowest BCUT2D eigenvalue weighted by Crippen LogP contribution is -2.10. The number of fused-ring (bicyclic) bond motifs is 1. The van der Waals surface area contributed by atoms with Crippen LogP contribution in [0.3, 0.4) is 0 Å². The zero-order valence-electron chi connectivity index (χ0n) is 11.2. The van der Waals surface area contributed by atoms with Crippen molar-refractivity contribution in [3.05, 3.63) is 54.1 Å². The van der Waals surface area contributed by atoms with E-state index in [0.29, 0.717) is 5.56 Å². The number of hydrogen-bond donors (Lipinski definition) is 1. The van der Waals surface area contributed by atoms with Gasteiger partial charge in [-0.2, -0.15) is 4.37 Å². The number of esters is 1. The molecule has 0 aliphatic rings. The molecule has 0 spiro atoms. The summed E-state index contributed by atoms with van der Waals surface area (Å²) < 4.78 is 10.6. The van der Waals surface area contributed by atoms with Crippen molar-refractivity contribution in [3.8, 4) is 11.3 Å². The number of rotatable bonds is 4. The van der Waals surface area contributed by atoms with Crippen LogP contribution in [0.15, 0.2) is 48.5 Å². The summed E-state index contributed by atoms with van der Waals surface area (Å²) in [6, 6.07) is 15.1. The molecule has 1 N–H and O–H groups in total. The van der Waals surface area contributed by atoms with Crippen LogP contribution in [-0.2, 0) is 4.74 Å². The first-order valence-electron chi connectivity index (χ1n) is 6.53. The standard InChI is InChI=1S/C16H13NO3S/c18-9-10-20-16(19)12-6-2-1-5-11(12)15-13-7-3-4-8-14(13)21-17-15/h1-8,18H,9-10H2. The van der Waals surface area contributed by atoms with Crippen molar-refractivity contribution in [1.29, 1.82) is 0 Å². The number of nitrogens with zero attached hydrogens (tertiary/aromatic N) is 1. The van der Waals surface area contributed by atoms with E-state index in [-0.39, 0.29) is 13.2 Å². The van der Waals surface area contributed by atoms with E-state index in [2.05, 4.69) is 4.37 Å². The zero-order chi connectivity index (χ0) is 14.7. The fourth-order valence-corrected chi connectivity index (χ4v) is 2.95. The highest BCUT2D eigenvalue weighted by Gasteiger charge is 2.17. The average Bonchev–Trinajstić information content (AvgIpc) is 2.96. The molecule has 21 heavy (non-hydrogen) atoms. The molecule has 2 aromatic carbocycles. The number of aliphatic hydroxyl groups excluding tert-OH is 1. The Bertz CT molecular complexity index is 782. The van der Waals surface area contributed by atoms with E-state index in [4.69, 9.17) is 9.84 Å². The third-order valence-corrected chi connectivity index (χ3v) is 3.93. The molecule has 1 aromatic heterocycles. The van der Waals surface area contributed by atoms with Crippen LogP contribution in [0, 0.1) is 0 Å². The molecular weight excluding hydrogens is 286 g/mol. The van der Waals surface area contributed by atoms with Crippen molar-refractivity contribution in [2.45, 2.75) is 0 Å². The van der Waals surface area contributed by atoms with Crippen molar-refractivity contribution in [2.75, 3.05) is 13.2 Å². The van der Waals surface area contributed by atoms with E-state index >= 15 is 0 Å². The SMILES string of the molecule is O=C(OCCO)c1ccccc1-c1nsc2ccccc12. The van der Waals surface area contributed by atoms with Crippen LogP contribution >= 0.6 is 11.5 Å². The molecule has 0 saturated carbocycles. The van der Waals surface area contributed by atoms with Gasteiger partial charge < -0.3 is 9.84 Å². The Balaban J connectivity index is 2.08. The number of aliphatic hydroxyl groups is 1. The maximum Gasteiger partial charge on any atom is 0.338 e. The highest BCUT2D eigenvalue weighted by Crippen LogP contribution is 2.32. The second-order valence-corrected chi connectivity index (χ2v) is 5.24. The first-order valence-corrected chi connectivity index (χ1v) is 7.30. The van der Waals surface area contributed by atoms with Gasteiger partial charge in [-0.3, -0.25) is 0 Å². The lowest BCUT2D eigenvalue weighted by atomic mass is 10.0. The Labute approximate surface area is 125 Å². The van der Waals surface area contributed by atoms with Crippen molar-refractivity contribution in [1.82, 2.24) is 4.37 Å². The second-order valence-electron chi connectivity index (χ2n) is 4.43. The fraction of sp³-hybridized carbons (Fsp3) is 0.125. The van der Waals surface area contributed by atoms with Crippen LogP contribution in [0.5, 0.6) is 0 Å². The van der Waals surface area contributed by atoms with Gasteiger partial charge in [-0.15, -0.1) is 0 Å². The smallest absolute Gasteiger partial charge is 0.338 e.